The standard InChI is InChI=1S/C21H17NO4S/c1-26-15-10-6-5-9-13(15)14-11-16(23)22-18-17(12-7-3-2-4-8-12)20(21(24)25)27-19(14)18/h2-10,14H,11H2,1H3,(H,22,23)(H,24,25)/t14-/m1/s1. The number of carboxylic acids is 1. The van der Waals surface area contributed by atoms with Crippen LogP contribution in [0.4, 0.5) is 5.69 Å². The molecule has 0 unspecified atom stereocenters. The summed E-state index contributed by atoms with van der Waals surface area (Å²) < 4.78 is 5.47. The number of amides is 1. The van der Waals surface area contributed by atoms with Gasteiger partial charge in [0.2, 0.25) is 5.91 Å². The summed E-state index contributed by atoms with van der Waals surface area (Å²) in [6.45, 7) is 0. The monoisotopic (exact) mass is 379 g/mol. The number of benzene rings is 2. The SMILES string of the molecule is COc1ccccc1[C@H]1CC(=O)Nc2c1sc(C(=O)O)c2-c1ccccc1. The van der Waals surface area contributed by atoms with Crippen LogP contribution in [0.15, 0.2) is 54.6 Å². The third-order valence-electron chi connectivity index (χ3n) is 4.68. The van der Waals surface area contributed by atoms with Gasteiger partial charge in [0.1, 0.15) is 10.6 Å². The van der Waals surface area contributed by atoms with E-state index in [1.54, 1.807) is 7.11 Å². The van der Waals surface area contributed by atoms with E-state index in [-0.39, 0.29) is 23.1 Å². The molecule has 0 saturated heterocycles. The van der Waals surface area contributed by atoms with Crippen molar-refractivity contribution in [1.29, 1.82) is 0 Å². The molecule has 1 aromatic heterocycles. The normalized spacial score (nSPS) is 15.7. The first-order valence-electron chi connectivity index (χ1n) is 8.48. The van der Waals surface area contributed by atoms with Crippen molar-refractivity contribution in [3.05, 3.63) is 69.9 Å². The summed E-state index contributed by atoms with van der Waals surface area (Å²) in [5.41, 5.74) is 2.81. The minimum atomic E-state index is -0.999. The minimum absolute atomic E-state index is 0.134. The molecule has 2 heterocycles. The zero-order valence-corrected chi connectivity index (χ0v) is 15.4. The molecule has 0 radical (unpaired) electrons. The molecule has 0 aliphatic carbocycles. The Labute approximate surface area is 160 Å². The molecule has 27 heavy (non-hydrogen) atoms. The van der Waals surface area contributed by atoms with Gasteiger partial charge in [-0.15, -0.1) is 11.3 Å². The van der Waals surface area contributed by atoms with Gasteiger partial charge in [-0.3, -0.25) is 4.79 Å². The number of rotatable bonds is 4. The zero-order valence-electron chi connectivity index (χ0n) is 14.6. The number of para-hydroxylation sites is 1. The van der Waals surface area contributed by atoms with Crippen LogP contribution in [-0.2, 0) is 4.79 Å². The average molecular weight is 379 g/mol. The third kappa shape index (κ3) is 2.98. The predicted molar refractivity (Wildman–Crippen MR) is 105 cm³/mol. The number of carbonyl (C=O) groups excluding carboxylic acids is 1. The number of anilines is 1. The largest absolute Gasteiger partial charge is 0.496 e. The van der Waals surface area contributed by atoms with Gasteiger partial charge in [0.05, 0.1) is 12.8 Å². The van der Waals surface area contributed by atoms with Crippen LogP contribution >= 0.6 is 11.3 Å². The Hall–Kier alpha value is -3.12. The van der Waals surface area contributed by atoms with Gasteiger partial charge in [0, 0.05) is 28.3 Å². The van der Waals surface area contributed by atoms with E-state index in [1.165, 1.54) is 11.3 Å². The molecular weight excluding hydrogens is 362 g/mol. The van der Waals surface area contributed by atoms with Crippen molar-refractivity contribution in [3.63, 3.8) is 0 Å². The number of carbonyl (C=O) groups is 2. The fraction of sp³-hybridized carbons (Fsp3) is 0.143. The van der Waals surface area contributed by atoms with Crippen LogP contribution in [0.5, 0.6) is 5.75 Å². The van der Waals surface area contributed by atoms with Crippen molar-refractivity contribution in [2.45, 2.75) is 12.3 Å². The van der Waals surface area contributed by atoms with Gasteiger partial charge in [0.15, 0.2) is 0 Å². The maximum absolute atomic E-state index is 12.5. The highest BCUT2D eigenvalue weighted by atomic mass is 32.1. The van der Waals surface area contributed by atoms with Gasteiger partial charge in [-0.25, -0.2) is 4.79 Å². The Bertz CT molecular complexity index is 1030. The van der Waals surface area contributed by atoms with Crippen LogP contribution < -0.4 is 10.1 Å². The van der Waals surface area contributed by atoms with Gasteiger partial charge in [-0.2, -0.15) is 0 Å². The number of ether oxygens (including phenoxy) is 1. The topological polar surface area (TPSA) is 75.6 Å². The summed E-state index contributed by atoms with van der Waals surface area (Å²) in [5.74, 6) is -0.688. The van der Waals surface area contributed by atoms with E-state index in [2.05, 4.69) is 5.32 Å². The van der Waals surface area contributed by atoms with Crippen molar-refractivity contribution in [2.24, 2.45) is 0 Å². The molecule has 2 N–H and O–H groups in total. The Kier molecular flexibility index (Phi) is 4.41. The summed E-state index contributed by atoms with van der Waals surface area (Å²) in [6.07, 6.45) is 0.251. The van der Waals surface area contributed by atoms with Crippen molar-refractivity contribution in [3.8, 4) is 16.9 Å². The van der Waals surface area contributed by atoms with Crippen molar-refractivity contribution in [2.75, 3.05) is 12.4 Å². The van der Waals surface area contributed by atoms with Crippen LogP contribution in [-0.4, -0.2) is 24.1 Å². The Morgan fingerprint density at radius 2 is 1.85 bits per heavy atom. The third-order valence-corrected chi connectivity index (χ3v) is 5.97. The first kappa shape index (κ1) is 17.3. The molecule has 4 rings (SSSR count). The van der Waals surface area contributed by atoms with Gasteiger partial charge in [-0.05, 0) is 11.6 Å². The second-order valence-electron chi connectivity index (χ2n) is 6.26. The highest BCUT2D eigenvalue weighted by Crippen LogP contribution is 2.50. The molecule has 0 spiro atoms. The lowest BCUT2D eigenvalue weighted by Crippen LogP contribution is -2.22. The minimum Gasteiger partial charge on any atom is -0.496 e. The summed E-state index contributed by atoms with van der Waals surface area (Å²) in [4.78, 5) is 25.5. The Morgan fingerprint density at radius 3 is 2.56 bits per heavy atom. The van der Waals surface area contributed by atoms with E-state index in [0.717, 1.165) is 16.0 Å². The number of carboxylic acid groups (broad SMARTS) is 1. The summed E-state index contributed by atoms with van der Waals surface area (Å²) in [7, 11) is 1.59. The quantitative estimate of drug-likeness (QED) is 0.695. The second kappa shape index (κ2) is 6.89. The van der Waals surface area contributed by atoms with E-state index >= 15 is 0 Å². The highest BCUT2D eigenvalue weighted by Gasteiger charge is 2.35. The van der Waals surface area contributed by atoms with E-state index in [0.29, 0.717) is 17.0 Å². The summed E-state index contributed by atoms with van der Waals surface area (Å²) in [6, 6.07) is 16.8. The smallest absolute Gasteiger partial charge is 0.346 e. The number of methoxy groups -OCH3 is 1. The summed E-state index contributed by atoms with van der Waals surface area (Å²) in [5, 5.41) is 12.7. The lowest BCUT2D eigenvalue weighted by atomic mass is 9.88. The van der Waals surface area contributed by atoms with E-state index < -0.39 is 5.97 Å². The number of hydrogen-bond acceptors (Lipinski definition) is 4. The average Bonchev–Trinajstić information content (AvgIpc) is 3.07. The van der Waals surface area contributed by atoms with Crippen molar-refractivity contribution >= 4 is 28.9 Å². The molecule has 0 saturated carbocycles. The molecule has 1 aliphatic heterocycles. The van der Waals surface area contributed by atoms with Crippen molar-refractivity contribution < 1.29 is 19.4 Å². The zero-order chi connectivity index (χ0) is 19.0. The number of nitrogens with one attached hydrogen (secondary N) is 1. The molecule has 0 fully saturated rings. The van der Waals surface area contributed by atoms with Gasteiger partial charge in [-0.1, -0.05) is 48.5 Å². The maximum atomic E-state index is 12.5. The number of aromatic carboxylic acids is 1. The van der Waals surface area contributed by atoms with Gasteiger partial charge >= 0.3 is 5.97 Å². The molecule has 1 atom stereocenters. The van der Waals surface area contributed by atoms with Gasteiger partial charge < -0.3 is 15.2 Å². The maximum Gasteiger partial charge on any atom is 0.346 e. The molecule has 2 aromatic carbocycles. The van der Waals surface area contributed by atoms with Crippen LogP contribution in [0, 0.1) is 0 Å². The fourth-order valence-electron chi connectivity index (χ4n) is 3.52. The van der Waals surface area contributed by atoms with Crippen LogP contribution in [0.3, 0.4) is 0 Å². The molecule has 5 nitrogen and oxygen atoms in total. The number of hydrogen-bond donors (Lipinski definition) is 2. The van der Waals surface area contributed by atoms with Crippen molar-refractivity contribution in [1.82, 2.24) is 0 Å². The molecule has 0 bridgehead atoms. The lowest BCUT2D eigenvalue weighted by Gasteiger charge is -2.25. The second-order valence-corrected chi connectivity index (χ2v) is 7.32. The molecule has 136 valence electrons. The fourth-order valence-corrected chi connectivity index (χ4v) is 4.76. The highest BCUT2D eigenvalue weighted by molar-refractivity contribution is 7.15. The Morgan fingerprint density at radius 1 is 1.15 bits per heavy atom. The molecule has 1 aliphatic rings. The number of fused-ring (bicyclic) bond motifs is 1. The number of thiophene rings is 1. The first-order chi connectivity index (χ1) is 13.1. The van der Waals surface area contributed by atoms with E-state index in [9.17, 15) is 14.7 Å². The van der Waals surface area contributed by atoms with E-state index in [4.69, 9.17) is 4.74 Å². The molecule has 6 heteroatoms. The molecule has 3 aromatic rings. The van der Waals surface area contributed by atoms with E-state index in [1.807, 2.05) is 54.6 Å². The van der Waals surface area contributed by atoms with Crippen LogP contribution in [0.25, 0.3) is 11.1 Å². The predicted octanol–water partition coefficient (Wildman–Crippen LogP) is 4.60. The first-order valence-corrected chi connectivity index (χ1v) is 9.30. The van der Waals surface area contributed by atoms with Crippen LogP contribution in [0.1, 0.15) is 32.5 Å². The van der Waals surface area contributed by atoms with Gasteiger partial charge in [0.25, 0.3) is 0 Å². The molecular formula is C21H17NO4S. The summed E-state index contributed by atoms with van der Waals surface area (Å²) >= 11 is 1.22. The van der Waals surface area contributed by atoms with Crippen LogP contribution in [0.2, 0.25) is 0 Å². The Balaban J connectivity index is 1.96. The lowest BCUT2D eigenvalue weighted by molar-refractivity contribution is -0.116. The molecule has 1 amide bonds.